The fraction of sp³-hybridized carbons (Fsp3) is 0.300. The maximum atomic E-state index is 12.3. The normalized spacial score (nSPS) is 22.8. The van der Waals surface area contributed by atoms with Gasteiger partial charge in [0.15, 0.2) is 6.10 Å². The average Bonchev–Trinajstić information content (AvgIpc) is 2.68. The van der Waals surface area contributed by atoms with Gasteiger partial charge in [0.2, 0.25) is 0 Å². The number of nitrogens with zero attached hydrogens (tertiary/aromatic N) is 2. The van der Waals surface area contributed by atoms with E-state index in [-0.39, 0.29) is 5.91 Å². The molecule has 0 aliphatic carbocycles. The number of amides is 1. The first kappa shape index (κ1) is 17.9. The molecule has 6 nitrogen and oxygen atoms in total. The molecular formula is C20H22N2O4. The van der Waals surface area contributed by atoms with Gasteiger partial charge in [0.25, 0.3) is 5.91 Å². The summed E-state index contributed by atoms with van der Waals surface area (Å²) in [5, 5.41) is 10.4. The largest absolute Gasteiger partial charge is 0.497 e. The Hall–Kier alpha value is -2.86. The van der Waals surface area contributed by atoms with Crippen LogP contribution in [0.1, 0.15) is 13.8 Å². The van der Waals surface area contributed by atoms with Crippen LogP contribution in [0.25, 0.3) is 0 Å². The highest BCUT2D eigenvalue weighted by Crippen LogP contribution is 2.39. The van der Waals surface area contributed by atoms with Crippen LogP contribution in [-0.4, -0.2) is 42.6 Å². The van der Waals surface area contributed by atoms with Crippen molar-refractivity contribution in [1.29, 1.82) is 0 Å². The lowest BCUT2D eigenvalue weighted by Gasteiger charge is -2.53. The number of benzene rings is 2. The standard InChI is InChI=1S/C20H22N2O4/c1-13(21-14-5-9-16(25-3)10-6-14)20(2)18(23)19(24)22(20)15-7-11-17(26-4)12-8-15/h5-12,18,23H,1-4H3/t18-,20-/m1/s1. The number of anilines is 1. The lowest BCUT2D eigenvalue weighted by atomic mass is 9.78. The first-order valence-electron chi connectivity index (χ1n) is 8.28. The summed E-state index contributed by atoms with van der Waals surface area (Å²) in [6.07, 6.45) is -1.13. The first-order chi connectivity index (χ1) is 12.4. The van der Waals surface area contributed by atoms with Crippen LogP contribution in [0.15, 0.2) is 53.5 Å². The Morgan fingerprint density at radius 2 is 1.54 bits per heavy atom. The van der Waals surface area contributed by atoms with Crippen LogP contribution in [-0.2, 0) is 4.79 Å². The predicted octanol–water partition coefficient (Wildman–Crippen LogP) is 2.96. The predicted molar refractivity (Wildman–Crippen MR) is 101 cm³/mol. The molecule has 1 heterocycles. The van der Waals surface area contributed by atoms with E-state index in [1.54, 1.807) is 43.4 Å². The van der Waals surface area contributed by atoms with E-state index >= 15 is 0 Å². The fourth-order valence-electron chi connectivity index (χ4n) is 3.10. The Morgan fingerprint density at radius 1 is 1.04 bits per heavy atom. The molecule has 0 aromatic heterocycles. The maximum absolute atomic E-state index is 12.3. The molecule has 1 aliphatic heterocycles. The third-order valence-corrected chi connectivity index (χ3v) is 4.88. The molecule has 136 valence electrons. The summed E-state index contributed by atoms with van der Waals surface area (Å²) >= 11 is 0. The Morgan fingerprint density at radius 3 is 2.04 bits per heavy atom. The highest BCUT2D eigenvalue weighted by molar-refractivity contribution is 6.18. The number of aliphatic imine (C=N–C) groups is 1. The van der Waals surface area contributed by atoms with Crippen LogP contribution in [0.4, 0.5) is 11.4 Å². The molecule has 2 aromatic carbocycles. The van der Waals surface area contributed by atoms with Crippen molar-refractivity contribution < 1.29 is 19.4 Å². The molecule has 1 aliphatic rings. The van der Waals surface area contributed by atoms with Gasteiger partial charge in [-0.3, -0.25) is 14.7 Å². The molecule has 0 bridgehead atoms. The monoisotopic (exact) mass is 354 g/mol. The van der Waals surface area contributed by atoms with Crippen LogP contribution in [0.2, 0.25) is 0 Å². The molecule has 1 N–H and O–H groups in total. The van der Waals surface area contributed by atoms with Crippen molar-refractivity contribution in [3.8, 4) is 11.5 Å². The minimum Gasteiger partial charge on any atom is -0.497 e. The van der Waals surface area contributed by atoms with E-state index in [4.69, 9.17) is 9.47 Å². The third-order valence-electron chi connectivity index (χ3n) is 4.88. The van der Waals surface area contributed by atoms with Crippen LogP contribution in [0, 0.1) is 0 Å². The van der Waals surface area contributed by atoms with E-state index in [0.29, 0.717) is 17.1 Å². The summed E-state index contributed by atoms with van der Waals surface area (Å²) in [5.74, 6) is 1.10. The number of carbonyl (C=O) groups is 1. The molecule has 1 fully saturated rings. The lowest BCUT2D eigenvalue weighted by Crippen LogP contribution is -2.76. The van der Waals surface area contributed by atoms with Crippen molar-refractivity contribution in [2.75, 3.05) is 19.1 Å². The van der Waals surface area contributed by atoms with Crippen LogP contribution < -0.4 is 14.4 Å². The maximum Gasteiger partial charge on any atom is 0.259 e. The molecule has 0 radical (unpaired) electrons. The lowest BCUT2D eigenvalue weighted by molar-refractivity contribution is -0.138. The molecule has 6 heteroatoms. The SMILES string of the molecule is COc1ccc(N=C(C)[C@]2(C)[C@H](O)C(=O)N2c2ccc(OC)cc2)cc1. The van der Waals surface area contributed by atoms with E-state index in [1.165, 1.54) is 0 Å². The minimum atomic E-state index is -1.13. The van der Waals surface area contributed by atoms with E-state index in [2.05, 4.69) is 4.99 Å². The van der Waals surface area contributed by atoms with Gasteiger partial charge in [0.05, 0.1) is 19.9 Å². The summed E-state index contributed by atoms with van der Waals surface area (Å²) in [6, 6.07) is 14.4. The van der Waals surface area contributed by atoms with Crippen molar-refractivity contribution in [3.05, 3.63) is 48.5 Å². The molecular weight excluding hydrogens is 332 g/mol. The Kier molecular flexibility index (Phi) is 4.70. The zero-order valence-electron chi connectivity index (χ0n) is 15.3. The molecule has 2 aromatic rings. The zero-order chi connectivity index (χ0) is 18.9. The number of hydrogen-bond acceptors (Lipinski definition) is 5. The molecule has 1 amide bonds. The number of aliphatic hydroxyl groups excluding tert-OH is 1. The Bertz CT molecular complexity index is 830. The van der Waals surface area contributed by atoms with Gasteiger partial charge in [-0.05, 0) is 62.4 Å². The van der Waals surface area contributed by atoms with Gasteiger partial charge >= 0.3 is 0 Å². The smallest absolute Gasteiger partial charge is 0.259 e. The quantitative estimate of drug-likeness (QED) is 0.662. The average molecular weight is 354 g/mol. The van der Waals surface area contributed by atoms with E-state index < -0.39 is 11.6 Å². The number of carbonyl (C=O) groups excluding carboxylic acids is 1. The van der Waals surface area contributed by atoms with Gasteiger partial charge < -0.3 is 14.6 Å². The van der Waals surface area contributed by atoms with Crippen LogP contribution >= 0.6 is 0 Å². The zero-order valence-corrected chi connectivity index (χ0v) is 15.3. The molecule has 26 heavy (non-hydrogen) atoms. The highest BCUT2D eigenvalue weighted by atomic mass is 16.5. The fourth-order valence-corrected chi connectivity index (χ4v) is 3.10. The summed E-state index contributed by atoms with van der Waals surface area (Å²) in [6.45, 7) is 3.63. The van der Waals surface area contributed by atoms with Crippen molar-refractivity contribution in [2.24, 2.45) is 4.99 Å². The number of β-lactam (4-membered cyclic amide) rings is 1. The van der Waals surface area contributed by atoms with Gasteiger partial charge in [-0.2, -0.15) is 0 Å². The van der Waals surface area contributed by atoms with Crippen molar-refractivity contribution in [2.45, 2.75) is 25.5 Å². The topological polar surface area (TPSA) is 71.4 Å². The minimum absolute atomic E-state index is 0.345. The second-order valence-electron chi connectivity index (χ2n) is 6.32. The molecule has 0 saturated carbocycles. The van der Waals surface area contributed by atoms with E-state index in [1.807, 2.05) is 38.1 Å². The number of methoxy groups -OCH3 is 2. The highest BCUT2D eigenvalue weighted by Gasteiger charge is 2.59. The van der Waals surface area contributed by atoms with E-state index in [9.17, 15) is 9.90 Å². The summed E-state index contributed by atoms with van der Waals surface area (Å²) in [5.41, 5.74) is 1.15. The number of hydrogen-bond donors (Lipinski definition) is 1. The molecule has 2 atom stereocenters. The summed E-state index contributed by atoms with van der Waals surface area (Å²) in [7, 11) is 3.19. The van der Waals surface area contributed by atoms with Crippen molar-refractivity contribution in [1.82, 2.24) is 0 Å². The summed E-state index contributed by atoms with van der Waals surface area (Å²) in [4.78, 5) is 18.5. The first-order valence-corrected chi connectivity index (χ1v) is 8.28. The molecule has 0 spiro atoms. The van der Waals surface area contributed by atoms with Gasteiger partial charge in [0, 0.05) is 11.4 Å². The molecule has 3 rings (SSSR count). The van der Waals surface area contributed by atoms with E-state index in [0.717, 1.165) is 11.4 Å². The van der Waals surface area contributed by atoms with Gasteiger partial charge in [-0.1, -0.05) is 0 Å². The van der Waals surface area contributed by atoms with Gasteiger partial charge in [0.1, 0.15) is 17.0 Å². The molecule has 1 saturated heterocycles. The van der Waals surface area contributed by atoms with Crippen LogP contribution in [0.5, 0.6) is 11.5 Å². The Labute approximate surface area is 152 Å². The second kappa shape index (κ2) is 6.80. The molecule has 0 unspecified atom stereocenters. The second-order valence-corrected chi connectivity index (χ2v) is 6.32. The third kappa shape index (κ3) is 2.82. The Balaban J connectivity index is 1.93. The van der Waals surface area contributed by atoms with Crippen molar-refractivity contribution >= 4 is 23.0 Å². The number of ether oxygens (including phenoxy) is 2. The summed E-state index contributed by atoms with van der Waals surface area (Å²) < 4.78 is 10.3. The van der Waals surface area contributed by atoms with Gasteiger partial charge in [-0.25, -0.2) is 0 Å². The van der Waals surface area contributed by atoms with Crippen molar-refractivity contribution in [3.63, 3.8) is 0 Å². The van der Waals surface area contributed by atoms with Crippen LogP contribution in [0.3, 0.4) is 0 Å². The number of aliphatic hydroxyl groups is 1. The van der Waals surface area contributed by atoms with Gasteiger partial charge in [-0.15, -0.1) is 0 Å². The number of rotatable bonds is 5.